The standard InChI is InChI=1S/C22H26FN3O4/c1-3-13-30-19-10-9-16(14-20(19)29-4-2)15-25-26-21(27)11-12-24-22(28)17-7-5-6-8-18(17)23/h5-10,14-15H,3-4,11-13H2,1-2H3,(H,24,28)(H,26,27). The van der Waals surface area contributed by atoms with Gasteiger partial charge in [-0.3, -0.25) is 9.59 Å². The number of hydrazone groups is 1. The zero-order chi connectivity index (χ0) is 21.8. The quantitative estimate of drug-likeness (QED) is 0.435. The minimum atomic E-state index is -0.610. The molecule has 0 heterocycles. The lowest BCUT2D eigenvalue weighted by Gasteiger charge is -2.11. The maximum absolute atomic E-state index is 13.5. The molecule has 0 bridgehead atoms. The van der Waals surface area contributed by atoms with Crippen LogP contribution in [0.25, 0.3) is 0 Å². The third-order valence-corrected chi connectivity index (χ3v) is 3.89. The normalized spacial score (nSPS) is 10.6. The fourth-order valence-electron chi connectivity index (χ4n) is 2.47. The van der Waals surface area contributed by atoms with E-state index in [4.69, 9.17) is 9.47 Å². The van der Waals surface area contributed by atoms with Crippen molar-refractivity contribution in [3.8, 4) is 11.5 Å². The molecular weight excluding hydrogens is 389 g/mol. The first-order chi connectivity index (χ1) is 14.5. The number of nitrogens with zero attached hydrogens (tertiary/aromatic N) is 1. The van der Waals surface area contributed by atoms with Crippen LogP contribution in [0.3, 0.4) is 0 Å². The number of benzene rings is 2. The lowest BCUT2D eigenvalue weighted by Crippen LogP contribution is -2.29. The van der Waals surface area contributed by atoms with Gasteiger partial charge < -0.3 is 14.8 Å². The van der Waals surface area contributed by atoms with E-state index in [1.807, 2.05) is 13.8 Å². The second-order valence-corrected chi connectivity index (χ2v) is 6.27. The smallest absolute Gasteiger partial charge is 0.254 e. The maximum atomic E-state index is 13.5. The van der Waals surface area contributed by atoms with Crippen molar-refractivity contribution in [1.29, 1.82) is 0 Å². The second kappa shape index (κ2) is 12.2. The number of carbonyl (C=O) groups excluding carboxylic acids is 2. The summed E-state index contributed by atoms with van der Waals surface area (Å²) in [6.07, 6.45) is 2.38. The molecule has 30 heavy (non-hydrogen) atoms. The zero-order valence-corrected chi connectivity index (χ0v) is 17.1. The Kier molecular flexibility index (Phi) is 9.30. The summed E-state index contributed by atoms with van der Waals surface area (Å²) in [6, 6.07) is 11.0. The van der Waals surface area contributed by atoms with E-state index in [1.165, 1.54) is 24.4 Å². The molecule has 0 radical (unpaired) electrons. The highest BCUT2D eigenvalue weighted by atomic mass is 19.1. The molecule has 160 valence electrons. The predicted octanol–water partition coefficient (Wildman–Crippen LogP) is 3.28. The van der Waals surface area contributed by atoms with Crippen molar-refractivity contribution >= 4 is 18.0 Å². The highest BCUT2D eigenvalue weighted by Crippen LogP contribution is 2.28. The Morgan fingerprint density at radius 3 is 2.63 bits per heavy atom. The molecule has 7 nitrogen and oxygen atoms in total. The highest BCUT2D eigenvalue weighted by Gasteiger charge is 2.10. The molecule has 0 aliphatic rings. The predicted molar refractivity (Wildman–Crippen MR) is 112 cm³/mol. The Bertz CT molecular complexity index is 886. The zero-order valence-electron chi connectivity index (χ0n) is 17.1. The third-order valence-electron chi connectivity index (χ3n) is 3.89. The summed E-state index contributed by atoms with van der Waals surface area (Å²) in [7, 11) is 0. The molecule has 0 unspecified atom stereocenters. The summed E-state index contributed by atoms with van der Waals surface area (Å²) in [5.41, 5.74) is 3.06. The first-order valence-electron chi connectivity index (χ1n) is 9.79. The molecule has 2 amide bonds. The average molecular weight is 415 g/mol. The summed E-state index contributed by atoms with van der Waals surface area (Å²) in [4.78, 5) is 23.8. The minimum absolute atomic E-state index is 0.00548. The van der Waals surface area contributed by atoms with Gasteiger partial charge in [-0.25, -0.2) is 9.82 Å². The fourth-order valence-corrected chi connectivity index (χ4v) is 2.47. The Balaban J connectivity index is 1.81. The molecule has 0 fully saturated rings. The van der Waals surface area contributed by atoms with Crippen molar-refractivity contribution in [2.45, 2.75) is 26.7 Å². The third kappa shape index (κ3) is 7.20. The first-order valence-corrected chi connectivity index (χ1v) is 9.79. The van der Waals surface area contributed by atoms with E-state index < -0.39 is 11.7 Å². The molecule has 0 aliphatic carbocycles. The molecule has 0 aliphatic heterocycles. The summed E-state index contributed by atoms with van der Waals surface area (Å²) in [6.45, 7) is 5.06. The van der Waals surface area contributed by atoms with E-state index in [0.717, 1.165) is 12.0 Å². The number of hydrogen-bond donors (Lipinski definition) is 2. The molecule has 0 saturated heterocycles. The molecular formula is C22H26FN3O4. The molecule has 2 aromatic rings. The van der Waals surface area contributed by atoms with Crippen molar-refractivity contribution < 1.29 is 23.5 Å². The highest BCUT2D eigenvalue weighted by molar-refractivity contribution is 5.94. The van der Waals surface area contributed by atoms with Crippen LogP contribution in [-0.4, -0.2) is 37.8 Å². The van der Waals surface area contributed by atoms with E-state index in [0.29, 0.717) is 24.7 Å². The van der Waals surface area contributed by atoms with E-state index in [1.54, 1.807) is 24.3 Å². The van der Waals surface area contributed by atoms with Gasteiger partial charge in [0.05, 0.1) is 25.0 Å². The van der Waals surface area contributed by atoms with Gasteiger partial charge >= 0.3 is 0 Å². The van der Waals surface area contributed by atoms with Crippen LogP contribution in [0.1, 0.15) is 42.6 Å². The summed E-state index contributed by atoms with van der Waals surface area (Å²) in [5, 5.41) is 6.41. The number of rotatable bonds is 11. The Morgan fingerprint density at radius 2 is 1.90 bits per heavy atom. The van der Waals surface area contributed by atoms with Crippen LogP contribution in [0.2, 0.25) is 0 Å². The lowest BCUT2D eigenvalue weighted by molar-refractivity contribution is -0.120. The topological polar surface area (TPSA) is 89.0 Å². The van der Waals surface area contributed by atoms with Gasteiger partial charge in [-0.05, 0) is 49.2 Å². The molecule has 2 rings (SSSR count). The monoisotopic (exact) mass is 415 g/mol. The van der Waals surface area contributed by atoms with Crippen LogP contribution >= 0.6 is 0 Å². The number of hydrogen-bond acceptors (Lipinski definition) is 5. The summed E-state index contributed by atoms with van der Waals surface area (Å²) in [5.74, 6) is -0.296. The lowest BCUT2D eigenvalue weighted by atomic mass is 10.2. The van der Waals surface area contributed by atoms with Gasteiger partial charge in [0.1, 0.15) is 5.82 Å². The van der Waals surface area contributed by atoms with Gasteiger partial charge in [0.25, 0.3) is 5.91 Å². The maximum Gasteiger partial charge on any atom is 0.254 e. The van der Waals surface area contributed by atoms with Gasteiger partial charge in [-0.15, -0.1) is 0 Å². The Morgan fingerprint density at radius 1 is 1.10 bits per heavy atom. The van der Waals surface area contributed by atoms with Crippen LogP contribution in [0, 0.1) is 5.82 Å². The van der Waals surface area contributed by atoms with Crippen molar-refractivity contribution in [2.75, 3.05) is 19.8 Å². The molecule has 2 N–H and O–H groups in total. The number of nitrogens with one attached hydrogen (secondary N) is 2. The Labute approximate surface area is 175 Å². The number of halogens is 1. The summed E-state index contributed by atoms with van der Waals surface area (Å²) < 4.78 is 24.8. The first kappa shape index (κ1) is 22.9. The van der Waals surface area contributed by atoms with E-state index in [2.05, 4.69) is 15.8 Å². The van der Waals surface area contributed by atoms with E-state index >= 15 is 0 Å². The van der Waals surface area contributed by atoms with E-state index in [9.17, 15) is 14.0 Å². The van der Waals surface area contributed by atoms with Crippen LogP contribution in [0.15, 0.2) is 47.6 Å². The minimum Gasteiger partial charge on any atom is -0.490 e. The number of ether oxygens (including phenoxy) is 2. The van der Waals surface area contributed by atoms with Crippen LogP contribution < -0.4 is 20.2 Å². The van der Waals surface area contributed by atoms with Crippen molar-refractivity contribution in [3.63, 3.8) is 0 Å². The van der Waals surface area contributed by atoms with Gasteiger partial charge in [-0.1, -0.05) is 19.1 Å². The largest absolute Gasteiger partial charge is 0.490 e. The van der Waals surface area contributed by atoms with Crippen molar-refractivity contribution in [3.05, 3.63) is 59.4 Å². The SMILES string of the molecule is CCCOc1ccc(C=NNC(=O)CCNC(=O)c2ccccc2F)cc1OCC. The van der Waals surface area contributed by atoms with Gasteiger partial charge in [0, 0.05) is 13.0 Å². The molecule has 0 aromatic heterocycles. The van der Waals surface area contributed by atoms with Crippen molar-refractivity contribution in [2.24, 2.45) is 5.10 Å². The molecule has 0 spiro atoms. The molecule has 0 saturated carbocycles. The number of carbonyl (C=O) groups is 2. The van der Waals surface area contributed by atoms with Gasteiger partial charge in [-0.2, -0.15) is 5.10 Å². The van der Waals surface area contributed by atoms with Crippen LogP contribution in [0.5, 0.6) is 11.5 Å². The van der Waals surface area contributed by atoms with Crippen LogP contribution in [-0.2, 0) is 4.79 Å². The average Bonchev–Trinajstić information content (AvgIpc) is 2.73. The van der Waals surface area contributed by atoms with Crippen molar-refractivity contribution in [1.82, 2.24) is 10.7 Å². The molecule has 2 aromatic carbocycles. The molecule has 0 atom stereocenters. The number of amides is 2. The summed E-state index contributed by atoms with van der Waals surface area (Å²) >= 11 is 0. The van der Waals surface area contributed by atoms with Crippen LogP contribution in [0.4, 0.5) is 4.39 Å². The Hall–Kier alpha value is -3.42. The van der Waals surface area contributed by atoms with E-state index in [-0.39, 0.29) is 24.4 Å². The van der Waals surface area contributed by atoms with Gasteiger partial charge in [0.2, 0.25) is 5.91 Å². The molecule has 8 heteroatoms. The fraction of sp³-hybridized carbons (Fsp3) is 0.318. The van der Waals surface area contributed by atoms with Gasteiger partial charge in [0.15, 0.2) is 11.5 Å². The second-order valence-electron chi connectivity index (χ2n) is 6.27.